The molecular formula is C22H28N2O4. The Morgan fingerprint density at radius 2 is 1.57 bits per heavy atom. The van der Waals surface area contributed by atoms with Crippen molar-refractivity contribution in [2.45, 2.75) is 50.8 Å². The van der Waals surface area contributed by atoms with Crippen molar-refractivity contribution in [3.8, 4) is 0 Å². The number of carbonyl (C=O) groups excluding carboxylic acids is 1. The van der Waals surface area contributed by atoms with Crippen LogP contribution < -0.4 is 10.6 Å². The van der Waals surface area contributed by atoms with Gasteiger partial charge in [-0.15, -0.1) is 0 Å². The molecule has 6 heteroatoms. The van der Waals surface area contributed by atoms with Gasteiger partial charge in [-0.25, -0.2) is 4.79 Å². The van der Waals surface area contributed by atoms with Gasteiger partial charge in [0.1, 0.15) is 0 Å². The summed E-state index contributed by atoms with van der Waals surface area (Å²) in [5.41, 5.74) is 1.84. The zero-order valence-corrected chi connectivity index (χ0v) is 16.0. The van der Waals surface area contributed by atoms with Crippen LogP contribution in [-0.2, 0) is 11.2 Å². The van der Waals surface area contributed by atoms with E-state index in [9.17, 15) is 14.7 Å². The number of hydrogen-bond acceptors (Lipinski definition) is 3. The third-order valence-electron chi connectivity index (χ3n) is 4.51. The van der Waals surface area contributed by atoms with Gasteiger partial charge in [0, 0.05) is 18.5 Å². The van der Waals surface area contributed by atoms with Crippen molar-refractivity contribution in [1.82, 2.24) is 10.6 Å². The molecule has 0 saturated carbocycles. The second-order valence-corrected chi connectivity index (χ2v) is 7.00. The summed E-state index contributed by atoms with van der Waals surface area (Å²) in [7, 11) is 0. The van der Waals surface area contributed by atoms with Crippen LogP contribution in [0.3, 0.4) is 0 Å². The van der Waals surface area contributed by atoms with Gasteiger partial charge in [0.2, 0.25) is 0 Å². The number of aliphatic hydroxyl groups is 1. The number of hydrogen-bond donors (Lipinski definition) is 4. The molecule has 0 spiro atoms. The summed E-state index contributed by atoms with van der Waals surface area (Å²) in [5.74, 6) is -0.889. The molecule has 0 aliphatic carbocycles. The second-order valence-electron chi connectivity index (χ2n) is 7.00. The smallest absolute Gasteiger partial charge is 0.315 e. The van der Waals surface area contributed by atoms with E-state index < -0.39 is 12.1 Å². The van der Waals surface area contributed by atoms with Gasteiger partial charge in [-0.1, -0.05) is 60.7 Å². The third-order valence-corrected chi connectivity index (χ3v) is 4.51. The average Bonchev–Trinajstić information content (AvgIpc) is 2.67. The van der Waals surface area contributed by atoms with Gasteiger partial charge in [0.15, 0.2) is 0 Å². The van der Waals surface area contributed by atoms with E-state index in [1.54, 1.807) is 0 Å². The quantitative estimate of drug-likeness (QED) is 0.505. The first kappa shape index (κ1) is 21.4. The number of nitrogens with one attached hydrogen (secondary N) is 2. The van der Waals surface area contributed by atoms with Gasteiger partial charge in [-0.2, -0.15) is 0 Å². The number of rotatable bonds is 10. The van der Waals surface area contributed by atoms with Gasteiger partial charge in [-0.3, -0.25) is 4.79 Å². The molecule has 0 saturated heterocycles. The first-order chi connectivity index (χ1) is 13.4. The molecule has 28 heavy (non-hydrogen) atoms. The predicted molar refractivity (Wildman–Crippen MR) is 108 cm³/mol. The Bertz CT molecular complexity index is 737. The molecule has 0 heterocycles. The average molecular weight is 384 g/mol. The van der Waals surface area contributed by atoms with E-state index in [4.69, 9.17) is 5.11 Å². The molecule has 2 aromatic rings. The van der Waals surface area contributed by atoms with E-state index in [1.807, 2.05) is 67.6 Å². The summed E-state index contributed by atoms with van der Waals surface area (Å²) in [4.78, 5) is 23.3. The van der Waals surface area contributed by atoms with Gasteiger partial charge >= 0.3 is 12.0 Å². The number of carboxylic acid groups (broad SMARTS) is 1. The molecule has 4 N–H and O–H groups in total. The van der Waals surface area contributed by atoms with Crippen molar-refractivity contribution in [3.05, 3.63) is 71.8 Å². The van der Waals surface area contributed by atoms with Gasteiger partial charge < -0.3 is 20.8 Å². The maximum absolute atomic E-state index is 12.4. The number of urea groups is 1. The van der Waals surface area contributed by atoms with Crippen LogP contribution in [0.1, 0.15) is 43.4 Å². The molecule has 0 aliphatic heterocycles. The van der Waals surface area contributed by atoms with E-state index in [-0.39, 0.29) is 24.5 Å². The second kappa shape index (κ2) is 11.1. The lowest BCUT2D eigenvalue weighted by molar-refractivity contribution is -0.137. The fourth-order valence-electron chi connectivity index (χ4n) is 3.08. The molecule has 2 aromatic carbocycles. The number of aliphatic carboxylic acids is 1. The lowest BCUT2D eigenvalue weighted by Crippen LogP contribution is -2.46. The number of amides is 2. The molecule has 150 valence electrons. The Balaban J connectivity index is 1.87. The Kier molecular flexibility index (Phi) is 8.49. The van der Waals surface area contributed by atoms with Crippen LogP contribution in [0, 0.1) is 0 Å². The molecule has 0 fully saturated rings. The highest BCUT2D eigenvalue weighted by atomic mass is 16.4. The summed E-state index contributed by atoms with van der Waals surface area (Å²) in [6.45, 7) is 1.83. The first-order valence-electron chi connectivity index (χ1n) is 9.49. The highest BCUT2D eigenvalue weighted by Gasteiger charge is 2.18. The van der Waals surface area contributed by atoms with Crippen LogP contribution >= 0.6 is 0 Å². The topological polar surface area (TPSA) is 98.7 Å². The van der Waals surface area contributed by atoms with Crippen molar-refractivity contribution < 1.29 is 19.8 Å². The molecule has 6 nitrogen and oxygen atoms in total. The van der Waals surface area contributed by atoms with E-state index in [2.05, 4.69) is 10.6 Å². The maximum Gasteiger partial charge on any atom is 0.315 e. The maximum atomic E-state index is 12.4. The highest BCUT2D eigenvalue weighted by Crippen LogP contribution is 2.17. The molecule has 0 aliphatic rings. The van der Waals surface area contributed by atoms with Crippen LogP contribution in [0.2, 0.25) is 0 Å². The van der Waals surface area contributed by atoms with Crippen LogP contribution in [-0.4, -0.2) is 34.3 Å². The lowest BCUT2D eigenvalue weighted by Gasteiger charge is -2.22. The van der Waals surface area contributed by atoms with Gasteiger partial charge in [0.05, 0.1) is 6.10 Å². The van der Waals surface area contributed by atoms with E-state index >= 15 is 0 Å². The monoisotopic (exact) mass is 384 g/mol. The normalized spacial score (nSPS) is 13.9. The Labute approximate surface area is 165 Å². The Morgan fingerprint density at radius 1 is 0.964 bits per heavy atom. The highest BCUT2D eigenvalue weighted by molar-refractivity contribution is 5.74. The third kappa shape index (κ3) is 7.80. The zero-order chi connectivity index (χ0) is 20.4. The molecular weight excluding hydrogens is 356 g/mol. The van der Waals surface area contributed by atoms with Crippen LogP contribution in [0.25, 0.3) is 0 Å². The molecule has 3 unspecified atom stereocenters. The van der Waals surface area contributed by atoms with Crippen molar-refractivity contribution in [3.63, 3.8) is 0 Å². The minimum Gasteiger partial charge on any atom is -0.481 e. The number of benzene rings is 2. The predicted octanol–water partition coefficient (Wildman–Crippen LogP) is 3.27. The number of carbonyl (C=O) groups is 2. The Hall–Kier alpha value is -2.86. The number of aliphatic hydroxyl groups excluding tert-OH is 1. The summed E-state index contributed by atoms with van der Waals surface area (Å²) in [5, 5.41) is 24.9. The summed E-state index contributed by atoms with van der Waals surface area (Å²) < 4.78 is 0. The van der Waals surface area contributed by atoms with Crippen LogP contribution in [0.5, 0.6) is 0 Å². The molecule has 0 bridgehead atoms. The van der Waals surface area contributed by atoms with Gasteiger partial charge in [0.25, 0.3) is 0 Å². The van der Waals surface area contributed by atoms with E-state index in [0.717, 1.165) is 11.1 Å². The van der Waals surface area contributed by atoms with Gasteiger partial charge in [-0.05, 0) is 37.3 Å². The SMILES string of the molecule is CC(CC(O)c1ccccc1)NC(=O)NC(CCC(=O)O)Cc1ccccc1. The lowest BCUT2D eigenvalue weighted by atomic mass is 10.0. The zero-order valence-electron chi connectivity index (χ0n) is 16.0. The van der Waals surface area contributed by atoms with E-state index in [0.29, 0.717) is 19.3 Å². The fraction of sp³-hybridized carbons (Fsp3) is 0.364. The number of carboxylic acids is 1. The molecule has 0 aromatic heterocycles. The van der Waals surface area contributed by atoms with E-state index in [1.165, 1.54) is 0 Å². The van der Waals surface area contributed by atoms with Crippen molar-refractivity contribution in [2.24, 2.45) is 0 Å². The standard InChI is InChI=1S/C22H28N2O4/c1-16(14-20(25)18-10-6-3-7-11-18)23-22(28)24-19(12-13-21(26)27)15-17-8-4-2-5-9-17/h2-11,16,19-20,25H,12-15H2,1H3,(H,26,27)(H2,23,24,28). The van der Waals surface area contributed by atoms with Crippen molar-refractivity contribution in [1.29, 1.82) is 0 Å². The first-order valence-corrected chi connectivity index (χ1v) is 9.49. The summed E-state index contributed by atoms with van der Waals surface area (Å²) in [6.07, 6.45) is 0.612. The van der Waals surface area contributed by atoms with Crippen LogP contribution in [0.4, 0.5) is 4.79 Å². The van der Waals surface area contributed by atoms with Crippen molar-refractivity contribution in [2.75, 3.05) is 0 Å². The van der Waals surface area contributed by atoms with Crippen molar-refractivity contribution >= 4 is 12.0 Å². The molecule has 0 radical (unpaired) electrons. The fourth-order valence-corrected chi connectivity index (χ4v) is 3.08. The van der Waals surface area contributed by atoms with Crippen LogP contribution in [0.15, 0.2) is 60.7 Å². The summed E-state index contributed by atoms with van der Waals surface area (Å²) >= 11 is 0. The molecule has 2 amide bonds. The largest absolute Gasteiger partial charge is 0.481 e. The summed E-state index contributed by atoms with van der Waals surface area (Å²) in [6, 6.07) is 18.0. The molecule has 2 rings (SSSR count). The Morgan fingerprint density at radius 3 is 2.18 bits per heavy atom. The minimum atomic E-state index is -0.889. The minimum absolute atomic E-state index is 0.0138. The molecule has 3 atom stereocenters.